The average Bonchev–Trinajstić information content (AvgIpc) is 2.79. The number of carbonyl (C=O) groups excluding carboxylic acids is 3. The van der Waals surface area contributed by atoms with Crippen molar-refractivity contribution in [2.75, 3.05) is 25.2 Å². The van der Waals surface area contributed by atoms with Crippen LogP contribution in [0.2, 0.25) is 0 Å². The first kappa shape index (κ1) is 23.6. The summed E-state index contributed by atoms with van der Waals surface area (Å²) in [7, 11) is 1.52. The number of ether oxygens (including phenoxy) is 3. The van der Waals surface area contributed by atoms with Gasteiger partial charge in [-0.05, 0) is 68.3 Å². The van der Waals surface area contributed by atoms with E-state index in [4.69, 9.17) is 14.2 Å². The molecule has 2 aromatic rings. The molecule has 8 nitrogen and oxygen atoms in total. The molecule has 0 atom stereocenters. The van der Waals surface area contributed by atoms with Gasteiger partial charge < -0.3 is 14.2 Å². The highest BCUT2D eigenvalue weighted by Crippen LogP contribution is 2.35. The van der Waals surface area contributed by atoms with Crippen molar-refractivity contribution >= 4 is 29.6 Å². The number of nitrogens with zero attached hydrogens (tertiary/aromatic N) is 1. The van der Waals surface area contributed by atoms with Crippen molar-refractivity contribution in [2.45, 2.75) is 20.3 Å². The molecule has 1 heterocycles. The van der Waals surface area contributed by atoms with E-state index in [2.05, 4.69) is 11.9 Å². The van der Waals surface area contributed by atoms with Crippen LogP contribution in [-0.2, 0) is 16.0 Å². The van der Waals surface area contributed by atoms with Crippen LogP contribution in [-0.4, -0.2) is 38.2 Å². The maximum atomic E-state index is 13.2. The Balaban J connectivity index is 2.05. The Morgan fingerprint density at radius 1 is 1.03 bits per heavy atom. The van der Waals surface area contributed by atoms with Gasteiger partial charge in [0.1, 0.15) is 11.3 Å². The van der Waals surface area contributed by atoms with Gasteiger partial charge in [-0.25, -0.2) is 9.69 Å². The standard InChI is InChI=1S/C25H26N2O6/c1-5-8-17-13-16(15-21(32-6-2)22(17)33-7-3)14-20-23(28)26-25(30)27(24(20)29)18-9-11-19(31-4)12-10-18/h5,9-15H,1,6-8H2,2-4H3,(H,26,28,30)/b20-14+. The van der Waals surface area contributed by atoms with E-state index < -0.39 is 17.8 Å². The summed E-state index contributed by atoms with van der Waals surface area (Å²) in [4.78, 5) is 39.1. The molecule has 0 saturated carbocycles. The normalized spacial score (nSPS) is 14.8. The van der Waals surface area contributed by atoms with Crippen molar-refractivity contribution < 1.29 is 28.6 Å². The summed E-state index contributed by atoms with van der Waals surface area (Å²) >= 11 is 0. The molecule has 0 aliphatic carbocycles. The molecule has 0 spiro atoms. The summed E-state index contributed by atoms with van der Waals surface area (Å²) in [6.45, 7) is 8.37. The predicted octanol–water partition coefficient (Wildman–Crippen LogP) is 3.89. The van der Waals surface area contributed by atoms with E-state index in [1.807, 2.05) is 13.8 Å². The van der Waals surface area contributed by atoms with Gasteiger partial charge in [0.25, 0.3) is 11.8 Å². The molecule has 0 aromatic heterocycles. The first-order valence-electron chi connectivity index (χ1n) is 10.5. The molecule has 8 heteroatoms. The number of carbonyl (C=O) groups is 3. The molecule has 1 aliphatic heterocycles. The van der Waals surface area contributed by atoms with Gasteiger partial charge in [0, 0.05) is 5.56 Å². The fourth-order valence-electron chi connectivity index (χ4n) is 3.43. The summed E-state index contributed by atoms with van der Waals surface area (Å²) in [5.41, 5.74) is 1.49. The molecule has 1 fully saturated rings. The number of benzene rings is 2. The minimum atomic E-state index is -0.818. The molecule has 1 saturated heterocycles. The Kier molecular flexibility index (Phi) is 7.50. The van der Waals surface area contributed by atoms with Crippen molar-refractivity contribution in [1.29, 1.82) is 0 Å². The summed E-state index contributed by atoms with van der Waals surface area (Å²) < 4.78 is 16.6. The van der Waals surface area contributed by atoms with Crippen molar-refractivity contribution in [3.8, 4) is 17.2 Å². The second-order valence-corrected chi connectivity index (χ2v) is 7.02. The lowest BCUT2D eigenvalue weighted by Crippen LogP contribution is -2.54. The van der Waals surface area contributed by atoms with Crippen LogP contribution in [0.5, 0.6) is 17.2 Å². The van der Waals surface area contributed by atoms with Crippen LogP contribution in [0.1, 0.15) is 25.0 Å². The Bertz CT molecular complexity index is 1100. The van der Waals surface area contributed by atoms with Crippen LogP contribution in [0.4, 0.5) is 10.5 Å². The van der Waals surface area contributed by atoms with E-state index in [0.717, 1.165) is 10.5 Å². The number of allylic oxidation sites excluding steroid dienone is 1. The van der Waals surface area contributed by atoms with Gasteiger partial charge in [0.2, 0.25) is 0 Å². The van der Waals surface area contributed by atoms with Crippen LogP contribution >= 0.6 is 0 Å². The average molecular weight is 450 g/mol. The SMILES string of the molecule is C=CCc1cc(/C=C2\C(=O)NC(=O)N(c3ccc(OC)cc3)C2=O)cc(OCC)c1OCC. The molecule has 1 aliphatic rings. The zero-order valence-electron chi connectivity index (χ0n) is 18.8. The van der Waals surface area contributed by atoms with E-state index in [1.54, 1.807) is 42.5 Å². The minimum absolute atomic E-state index is 0.179. The summed E-state index contributed by atoms with van der Waals surface area (Å²) in [5.74, 6) is 0.161. The zero-order valence-corrected chi connectivity index (χ0v) is 18.8. The van der Waals surface area contributed by atoms with Gasteiger partial charge >= 0.3 is 6.03 Å². The molecule has 2 aromatic carbocycles. The summed E-state index contributed by atoms with van der Waals surface area (Å²) in [5, 5.41) is 2.22. The van der Waals surface area contributed by atoms with Gasteiger partial charge in [0.05, 0.1) is 26.0 Å². The first-order valence-corrected chi connectivity index (χ1v) is 10.5. The van der Waals surface area contributed by atoms with E-state index in [0.29, 0.717) is 48.1 Å². The lowest BCUT2D eigenvalue weighted by Gasteiger charge is -2.26. The number of amides is 4. The largest absolute Gasteiger partial charge is 0.497 e. The fraction of sp³-hybridized carbons (Fsp3) is 0.240. The number of anilines is 1. The number of nitrogens with one attached hydrogen (secondary N) is 1. The third-order valence-corrected chi connectivity index (χ3v) is 4.85. The van der Waals surface area contributed by atoms with Crippen LogP contribution in [0.3, 0.4) is 0 Å². The molecule has 1 N–H and O–H groups in total. The molecular formula is C25H26N2O6. The maximum Gasteiger partial charge on any atom is 0.335 e. The highest BCUT2D eigenvalue weighted by atomic mass is 16.5. The Hall–Kier alpha value is -4.07. The van der Waals surface area contributed by atoms with Crippen LogP contribution in [0.25, 0.3) is 6.08 Å². The quantitative estimate of drug-likeness (QED) is 0.354. The van der Waals surface area contributed by atoms with E-state index >= 15 is 0 Å². The van der Waals surface area contributed by atoms with Gasteiger partial charge in [-0.3, -0.25) is 14.9 Å². The Morgan fingerprint density at radius 2 is 1.73 bits per heavy atom. The van der Waals surface area contributed by atoms with Crippen molar-refractivity contribution in [3.63, 3.8) is 0 Å². The second kappa shape index (κ2) is 10.5. The number of hydrogen-bond donors (Lipinski definition) is 1. The van der Waals surface area contributed by atoms with Crippen LogP contribution in [0.15, 0.2) is 54.6 Å². The third kappa shape index (κ3) is 5.06. The third-order valence-electron chi connectivity index (χ3n) is 4.85. The monoisotopic (exact) mass is 450 g/mol. The fourth-order valence-corrected chi connectivity index (χ4v) is 3.43. The number of methoxy groups -OCH3 is 1. The van der Waals surface area contributed by atoms with Gasteiger partial charge in [-0.2, -0.15) is 0 Å². The van der Waals surface area contributed by atoms with E-state index in [9.17, 15) is 14.4 Å². The smallest absolute Gasteiger partial charge is 0.335 e. The molecular weight excluding hydrogens is 424 g/mol. The number of barbiturate groups is 1. The molecule has 4 amide bonds. The molecule has 3 rings (SSSR count). The molecule has 0 bridgehead atoms. The number of urea groups is 1. The highest BCUT2D eigenvalue weighted by molar-refractivity contribution is 6.39. The van der Waals surface area contributed by atoms with Crippen LogP contribution in [0, 0.1) is 0 Å². The number of imide groups is 2. The molecule has 172 valence electrons. The number of rotatable bonds is 9. The van der Waals surface area contributed by atoms with Crippen molar-refractivity contribution in [2.24, 2.45) is 0 Å². The first-order chi connectivity index (χ1) is 15.9. The minimum Gasteiger partial charge on any atom is -0.497 e. The van der Waals surface area contributed by atoms with Gasteiger partial charge in [-0.15, -0.1) is 6.58 Å². The van der Waals surface area contributed by atoms with E-state index in [1.165, 1.54) is 13.2 Å². The molecule has 33 heavy (non-hydrogen) atoms. The predicted molar refractivity (Wildman–Crippen MR) is 125 cm³/mol. The lowest BCUT2D eigenvalue weighted by atomic mass is 10.0. The molecule has 0 unspecified atom stereocenters. The summed E-state index contributed by atoms with van der Waals surface area (Å²) in [6, 6.07) is 9.06. The van der Waals surface area contributed by atoms with Crippen molar-refractivity contribution in [3.05, 3.63) is 65.8 Å². The summed E-state index contributed by atoms with van der Waals surface area (Å²) in [6.07, 6.45) is 3.67. The highest BCUT2D eigenvalue weighted by Gasteiger charge is 2.36. The van der Waals surface area contributed by atoms with E-state index in [-0.39, 0.29) is 5.57 Å². The second-order valence-electron chi connectivity index (χ2n) is 7.02. The van der Waals surface area contributed by atoms with Crippen molar-refractivity contribution in [1.82, 2.24) is 5.32 Å². The Morgan fingerprint density at radius 3 is 2.33 bits per heavy atom. The number of hydrogen-bond acceptors (Lipinski definition) is 6. The Labute approximate surface area is 192 Å². The van der Waals surface area contributed by atoms with Gasteiger partial charge in [0.15, 0.2) is 11.5 Å². The molecule has 0 radical (unpaired) electrons. The topological polar surface area (TPSA) is 94.2 Å². The van der Waals surface area contributed by atoms with Gasteiger partial charge in [-0.1, -0.05) is 6.08 Å². The maximum absolute atomic E-state index is 13.2. The van der Waals surface area contributed by atoms with Crippen LogP contribution < -0.4 is 24.4 Å². The zero-order chi connectivity index (χ0) is 24.0. The lowest BCUT2D eigenvalue weighted by molar-refractivity contribution is -0.122.